The maximum atomic E-state index is 13.9. The summed E-state index contributed by atoms with van der Waals surface area (Å²) in [7, 11) is 0. The second kappa shape index (κ2) is 10.8. The van der Waals surface area contributed by atoms with Crippen molar-refractivity contribution in [1.82, 2.24) is 0 Å². The first-order valence-electron chi connectivity index (χ1n) is 12.6. The standard InChI is InChI=1S/C31H33BrN2O4/c1-17-9-11-19(3)23(13-17)33-29(36)27-25(35)16-31(5,38)28(26(27)21-7-6-8-22(32)15-21)30(37)34-24-14-18(2)10-12-20(24)4/h6-15,26-28,38H,16H2,1-5H3,(H,33,36)(H,34,37). The number of ketones is 1. The third kappa shape index (κ3) is 5.74. The molecular weight excluding hydrogens is 544 g/mol. The summed E-state index contributed by atoms with van der Waals surface area (Å²) in [5.41, 5.74) is 3.89. The lowest BCUT2D eigenvalue weighted by atomic mass is 9.61. The number of hydrogen-bond acceptors (Lipinski definition) is 4. The van der Waals surface area contributed by atoms with Gasteiger partial charge in [-0.3, -0.25) is 14.4 Å². The van der Waals surface area contributed by atoms with Crippen LogP contribution in [0.15, 0.2) is 65.1 Å². The third-order valence-corrected chi connectivity index (χ3v) is 7.86. The fourth-order valence-electron chi connectivity index (χ4n) is 5.37. The van der Waals surface area contributed by atoms with Crippen molar-refractivity contribution >= 4 is 44.9 Å². The van der Waals surface area contributed by atoms with E-state index in [0.717, 1.165) is 26.7 Å². The molecule has 0 spiro atoms. The summed E-state index contributed by atoms with van der Waals surface area (Å²) in [6, 6.07) is 18.7. The Labute approximate surface area is 232 Å². The number of aryl methyl sites for hydroxylation is 4. The van der Waals surface area contributed by atoms with E-state index in [1.165, 1.54) is 6.92 Å². The summed E-state index contributed by atoms with van der Waals surface area (Å²) >= 11 is 3.48. The van der Waals surface area contributed by atoms with Crippen molar-refractivity contribution in [2.24, 2.45) is 11.8 Å². The quantitative estimate of drug-likeness (QED) is 0.324. The SMILES string of the molecule is Cc1ccc(C)c(NC(=O)C2C(=O)CC(C)(O)C(C(=O)Nc3cc(C)ccc3C)C2c2cccc(Br)c2)c1. The number of benzene rings is 3. The van der Waals surface area contributed by atoms with E-state index >= 15 is 0 Å². The lowest BCUT2D eigenvalue weighted by Crippen LogP contribution is -2.56. The van der Waals surface area contributed by atoms with Crippen molar-refractivity contribution in [2.75, 3.05) is 10.6 Å². The molecule has 0 aliphatic heterocycles. The number of carbonyl (C=O) groups excluding carboxylic acids is 3. The summed E-state index contributed by atoms with van der Waals surface area (Å²) in [5.74, 6) is -4.46. The summed E-state index contributed by atoms with van der Waals surface area (Å²) in [6.45, 7) is 9.14. The van der Waals surface area contributed by atoms with E-state index in [-0.39, 0.29) is 6.42 Å². The van der Waals surface area contributed by atoms with Crippen LogP contribution in [0.25, 0.3) is 0 Å². The molecule has 0 bridgehead atoms. The fourth-order valence-corrected chi connectivity index (χ4v) is 5.78. The lowest BCUT2D eigenvalue weighted by molar-refractivity contribution is -0.150. The van der Waals surface area contributed by atoms with Gasteiger partial charge in [0.25, 0.3) is 0 Å². The molecule has 2 amide bonds. The normalized spacial score (nSPS) is 23.1. The zero-order valence-electron chi connectivity index (χ0n) is 22.3. The summed E-state index contributed by atoms with van der Waals surface area (Å²) in [6.07, 6.45) is -0.312. The Bertz CT molecular complexity index is 1410. The van der Waals surface area contributed by atoms with Crippen LogP contribution in [0.1, 0.15) is 47.1 Å². The van der Waals surface area contributed by atoms with Gasteiger partial charge in [-0.1, -0.05) is 52.3 Å². The van der Waals surface area contributed by atoms with Gasteiger partial charge in [-0.15, -0.1) is 0 Å². The molecule has 7 heteroatoms. The minimum atomic E-state index is -1.66. The molecule has 6 nitrogen and oxygen atoms in total. The Morgan fingerprint density at radius 3 is 1.97 bits per heavy atom. The highest BCUT2D eigenvalue weighted by molar-refractivity contribution is 9.10. The minimum Gasteiger partial charge on any atom is -0.389 e. The predicted octanol–water partition coefficient (Wildman–Crippen LogP) is 6.00. The van der Waals surface area contributed by atoms with E-state index in [2.05, 4.69) is 26.6 Å². The monoisotopic (exact) mass is 576 g/mol. The zero-order chi connectivity index (χ0) is 27.8. The molecule has 1 saturated carbocycles. The first kappa shape index (κ1) is 27.7. The molecular formula is C31H33BrN2O4. The van der Waals surface area contributed by atoms with Crippen LogP contribution in [0.3, 0.4) is 0 Å². The van der Waals surface area contributed by atoms with Crippen molar-refractivity contribution in [3.63, 3.8) is 0 Å². The summed E-state index contributed by atoms with van der Waals surface area (Å²) in [4.78, 5) is 41.2. The average Bonchev–Trinajstić information content (AvgIpc) is 2.82. The number of halogens is 1. The number of anilines is 2. The number of rotatable bonds is 5. The second-order valence-corrected chi connectivity index (χ2v) is 11.6. The molecule has 4 unspecified atom stereocenters. The van der Waals surface area contributed by atoms with Crippen molar-refractivity contribution < 1.29 is 19.5 Å². The molecule has 1 aliphatic rings. The molecule has 3 aromatic carbocycles. The number of hydrogen-bond donors (Lipinski definition) is 3. The Morgan fingerprint density at radius 1 is 0.868 bits per heavy atom. The van der Waals surface area contributed by atoms with Crippen LogP contribution in [0, 0.1) is 39.5 Å². The number of Topliss-reactive ketones (excluding diaryl/α,β-unsaturated/α-hetero) is 1. The Hall–Kier alpha value is -3.29. The molecule has 0 aromatic heterocycles. The maximum Gasteiger partial charge on any atom is 0.235 e. The van der Waals surface area contributed by atoms with Crippen LogP contribution in [-0.4, -0.2) is 28.3 Å². The topological polar surface area (TPSA) is 95.5 Å². The third-order valence-electron chi connectivity index (χ3n) is 7.37. The van der Waals surface area contributed by atoms with Gasteiger partial charge in [-0.2, -0.15) is 0 Å². The number of amides is 2. The van der Waals surface area contributed by atoms with E-state index in [1.807, 2.05) is 70.2 Å². The van der Waals surface area contributed by atoms with Crippen LogP contribution >= 0.6 is 15.9 Å². The van der Waals surface area contributed by atoms with Gasteiger partial charge in [0.2, 0.25) is 11.8 Å². The highest BCUT2D eigenvalue weighted by Gasteiger charge is 2.56. The second-order valence-electron chi connectivity index (χ2n) is 10.7. The number of nitrogens with one attached hydrogen (secondary N) is 2. The first-order valence-corrected chi connectivity index (χ1v) is 13.4. The van der Waals surface area contributed by atoms with Gasteiger partial charge in [-0.05, 0) is 86.7 Å². The van der Waals surface area contributed by atoms with Crippen LogP contribution in [0.2, 0.25) is 0 Å². The molecule has 4 rings (SSSR count). The van der Waals surface area contributed by atoms with E-state index in [4.69, 9.17) is 0 Å². The predicted molar refractivity (Wildman–Crippen MR) is 153 cm³/mol. The van der Waals surface area contributed by atoms with Gasteiger partial charge in [0.1, 0.15) is 11.7 Å². The molecule has 0 radical (unpaired) electrons. The number of carbonyl (C=O) groups is 3. The minimum absolute atomic E-state index is 0.312. The van der Waals surface area contributed by atoms with Gasteiger partial charge in [0.15, 0.2) is 0 Å². The molecule has 0 saturated heterocycles. The lowest BCUT2D eigenvalue weighted by Gasteiger charge is -2.44. The molecule has 4 atom stereocenters. The molecule has 198 valence electrons. The highest BCUT2D eigenvalue weighted by atomic mass is 79.9. The average molecular weight is 578 g/mol. The molecule has 3 aromatic rings. The van der Waals surface area contributed by atoms with Gasteiger partial charge >= 0.3 is 0 Å². The Kier molecular flexibility index (Phi) is 7.90. The van der Waals surface area contributed by atoms with Crippen LogP contribution < -0.4 is 10.6 Å². The van der Waals surface area contributed by atoms with Crippen LogP contribution in [0.5, 0.6) is 0 Å². The molecule has 1 fully saturated rings. The van der Waals surface area contributed by atoms with Crippen LogP contribution in [0.4, 0.5) is 11.4 Å². The van der Waals surface area contributed by atoms with Crippen molar-refractivity contribution in [1.29, 1.82) is 0 Å². The van der Waals surface area contributed by atoms with E-state index < -0.39 is 41.0 Å². The van der Waals surface area contributed by atoms with E-state index in [9.17, 15) is 19.5 Å². The molecule has 0 heterocycles. The van der Waals surface area contributed by atoms with Gasteiger partial charge < -0.3 is 15.7 Å². The van der Waals surface area contributed by atoms with Gasteiger partial charge in [-0.25, -0.2) is 0 Å². The molecule has 3 N–H and O–H groups in total. The van der Waals surface area contributed by atoms with Crippen LogP contribution in [-0.2, 0) is 14.4 Å². The van der Waals surface area contributed by atoms with Crippen molar-refractivity contribution in [2.45, 2.75) is 52.6 Å². The summed E-state index contributed by atoms with van der Waals surface area (Å²) < 4.78 is 0.745. The van der Waals surface area contributed by atoms with E-state index in [1.54, 1.807) is 18.2 Å². The largest absolute Gasteiger partial charge is 0.389 e. The van der Waals surface area contributed by atoms with Gasteiger partial charge in [0, 0.05) is 28.2 Å². The van der Waals surface area contributed by atoms with Crippen molar-refractivity contribution in [3.05, 3.63) is 93.0 Å². The smallest absolute Gasteiger partial charge is 0.235 e. The maximum absolute atomic E-state index is 13.9. The first-order chi connectivity index (χ1) is 17.9. The molecule has 1 aliphatic carbocycles. The van der Waals surface area contributed by atoms with Gasteiger partial charge in [0.05, 0.1) is 11.5 Å². The molecule has 38 heavy (non-hydrogen) atoms. The Balaban J connectivity index is 1.80. The summed E-state index contributed by atoms with van der Waals surface area (Å²) in [5, 5.41) is 17.4. The zero-order valence-corrected chi connectivity index (χ0v) is 23.8. The fraction of sp³-hybridized carbons (Fsp3) is 0.323. The highest BCUT2D eigenvalue weighted by Crippen LogP contribution is 2.47. The Morgan fingerprint density at radius 2 is 1.42 bits per heavy atom. The van der Waals surface area contributed by atoms with Crippen molar-refractivity contribution in [3.8, 4) is 0 Å². The number of aliphatic hydroxyl groups is 1. The van der Waals surface area contributed by atoms with E-state index in [0.29, 0.717) is 16.9 Å².